The summed E-state index contributed by atoms with van der Waals surface area (Å²) in [6.07, 6.45) is -1.79. The maximum absolute atomic E-state index is 13.4. The highest BCUT2D eigenvalue weighted by atomic mass is 35.5. The summed E-state index contributed by atoms with van der Waals surface area (Å²) < 4.78 is 95.4. The Kier molecular flexibility index (Phi) is 13.6. The largest absolute Gasteiger partial charge is 0.446 e. The van der Waals surface area contributed by atoms with Crippen LogP contribution < -0.4 is 29.1 Å². The van der Waals surface area contributed by atoms with Gasteiger partial charge in [0.15, 0.2) is 12.1 Å². The molecular weight excluding hydrogens is 853 g/mol. The molecular formula is C35H27Cl3F6N6O8. The topological polar surface area (TPSA) is 144 Å². The molecule has 2 atom stereocenters. The number of hydrogen-bond donors (Lipinski definition) is 0. The number of hydrogen-bond acceptors (Lipinski definition) is 10. The zero-order valence-corrected chi connectivity index (χ0v) is 32.1. The SMILES string of the molecule is CN(C(=O)[C@@H]1COC(=O)N1c1cc(OC(F)F)cc(Cl)n1)c1ccc(F)c(Cl)c1.Cc1cc(OC(F)F)cc(N2C(=O)OC[C@H]2C(=O)N(C)c2ccc(F)c(Cl)c2)n1. The molecule has 308 valence electrons. The second kappa shape index (κ2) is 18.2. The molecule has 0 aliphatic carbocycles. The highest BCUT2D eigenvalue weighted by Gasteiger charge is 2.43. The number of carbonyl (C=O) groups excluding carboxylic acids is 4. The number of rotatable bonds is 10. The van der Waals surface area contributed by atoms with Crippen LogP contribution in [-0.4, -0.2) is 86.6 Å². The zero-order valence-electron chi connectivity index (χ0n) is 29.8. The van der Waals surface area contributed by atoms with E-state index in [0.29, 0.717) is 11.4 Å². The van der Waals surface area contributed by atoms with Crippen LogP contribution in [-0.2, 0) is 19.1 Å². The summed E-state index contributed by atoms with van der Waals surface area (Å²) in [5.41, 5.74) is 0.851. The number of ether oxygens (including phenoxy) is 4. The Bertz CT molecular complexity index is 2080. The Balaban J connectivity index is 0.000000221. The predicted molar refractivity (Wildman–Crippen MR) is 196 cm³/mol. The molecule has 0 N–H and O–H groups in total. The zero-order chi connectivity index (χ0) is 42.6. The molecule has 58 heavy (non-hydrogen) atoms. The van der Waals surface area contributed by atoms with Gasteiger partial charge in [0.25, 0.3) is 11.8 Å². The van der Waals surface area contributed by atoms with Crippen LogP contribution in [0.2, 0.25) is 15.2 Å². The first-order chi connectivity index (χ1) is 27.3. The molecule has 4 aromatic rings. The summed E-state index contributed by atoms with van der Waals surface area (Å²) in [4.78, 5) is 62.4. The van der Waals surface area contributed by atoms with E-state index in [1.807, 2.05) is 0 Å². The van der Waals surface area contributed by atoms with Gasteiger partial charge in [-0.05, 0) is 43.3 Å². The molecule has 2 fully saturated rings. The van der Waals surface area contributed by atoms with Crippen molar-refractivity contribution in [1.82, 2.24) is 9.97 Å². The molecule has 2 aliphatic heterocycles. The predicted octanol–water partition coefficient (Wildman–Crippen LogP) is 7.89. The van der Waals surface area contributed by atoms with Crippen LogP contribution in [0.25, 0.3) is 0 Å². The summed E-state index contributed by atoms with van der Waals surface area (Å²) in [6.45, 7) is -5.28. The van der Waals surface area contributed by atoms with E-state index in [2.05, 4.69) is 19.4 Å². The third kappa shape index (κ3) is 10.0. The van der Waals surface area contributed by atoms with E-state index in [9.17, 15) is 45.5 Å². The minimum Gasteiger partial charge on any atom is -0.446 e. The first kappa shape index (κ1) is 43.4. The Morgan fingerprint density at radius 1 is 0.707 bits per heavy atom. The Hall–Kier alpha value is -5.73. The lowest BCUT2D eigenvalue weighted by molar-refractivity contribution is -0.120. The molecule has 2 aromatic carbocycles. The molecule has 23 heteroatoms. The van der Waals surface area contributed by atoms with Crippen molar-refractivity contribution in [2.75, 3.05) is 46.9 Å². The standard InChI is InChI=1S/C18H15ClF3N3O4.C17H12Cl2F3N3O4/c1-9-5-11(29-17(21)22)7-15(23-9)25-14(8-28-18(25)27)16(26)24(2)10-3-4-13(20)12(19)6-10;1-24(8-2-3-11(20)10(18)4-8)15(26)12-7-28-17(27)25(12)14-6-9(29-16(21)22)5-13(19)23-14/h3-7,14,17H,8H2,1-2H3;2-6,12,16H,7H2,1H3/t14-;12-/m00/s1. The number of aromatic nitrogens is 2. The van der Waals surface area contributed by atoms with Crippen molar-refractivity contribution in [2.24, 2.45) is 0 Å². The average molecular weight is 880 g/mol. The first-order valence-electron chi connectivity index (χ1n) is 16.3. The summed E-state index contributed by atoms with van der Waals surface area (Å²) in [5, 5.41) is -0.599. The van der Waals surface area contributed by atoms with Crippen LogP contribution in [0.5, 0.6) is 11.5 Å². The first-order valence-corrected chi connectivity index (χ1v) is 17.4. The third-order valence-corrected chi connectivity index (χ3v) is 8.94. The molecule has 0 saturated carbocycles. The number of pyridine rings is 2. The quantitative estimate of drug-likeness (QED) is 0.114. The van der Waals surface area contributed by atoms with Crippen molar-refractivity contribution in [1.29, 1.82) is 0 Å². The minimum atomic E-state index is -3.13. The van der Waals surface area contributed by atoms with Crippen molar-refractivity contribution in [3.8, 4) is 11.5 Å². The molecule has 0 unspecified atom stereocenters. The van der Waals surface area contributed by atoms with Gasteiger partial charge >= 0.3 is 25.4 Å². The van der Waals surface area contributed by atoms with Crippen molar-refractivity contribution >= 4 is 81.8 Å². The lowest BCUT2D eigenvalue weighted by Crippen LogP contribution is -2.47. The number of cyclic esters (lactones) is 2. The second-order valence-electron chi connectivity index (χ2n) is 12.0. The van der Waals surface area contributed by atoms with Gasteiger partial charge < -0.3 is 28.7 Å². The maximum Gasteiger partial charge on any atom is 0.416 e. The monoisotopic (exact) mass is 878 g/mol. The van der Waals surface area contributed by atoms with E-state index >= 15 is 0 Å². The van der Waals surface area contributed by atoms with Crippen LogP contribution in [0.4, 0.5) is 58.9 Å². The summed E-state index contributed by atoms with van der Waals surface area (Å²) >= 11 is 17.3. The van der Waals surface area contributed by atoms with Crippen LogP contribution in [0.15, 0.2) is 60.7 Å². The summed E-state index contributed by atoms with van der Waals surface area (Å²) in [6, 6.07) is 9.50. The maximum atomic E-state index is 13.4. The number of likely N-dealkylation sites (N-methyl/N-ethyl adjacent to an activating group) is 2. The fourth-order valence-electron chi connectivity index (χ4n) is 5.47. The lowest BCUT2D eigenvalue weighted by atomic mass is 10.2. The third-order valence-electron chi connectivity index (χ3n) is 8.17. The highest BCUT2D eigenvalue weighted by molar-refractivity contribution is 6.31. The fourth-order valence-corrected chi connectivity index (χ4v) is 6.01. The van der Waals surface area contributed by atoms with Gasteiger partial charge in [-0.3, -0.25) is 9.59 Å². The Morgan fingerprint density at radius 3 is 1.53 bits per heavy atom. The Labute approximate surface area is 339 Å². The van der Waals surface area contributed by atoms with E-state index < -0.39 is 60.9 Å². The van der Waals surface area contributed by atoms with Crippen LogP contribution in [0, 0.1) is 18.6 Å². The van der Waals surface area contributed by atoms with E-state index in [-0.39, 0.29) is 57.2 Å². The number of halogens is 9. The lowest BCUT2D eigenvalue weighted by Gasteiger charge is -2.25. The van der Waals surface area contributed by atoms with E-state index in [1.165, 1.54) is 56.3 Å². The number of carbonyl (C=O) groups is 4. The average Bonchev–Trinajstić information content (AvgIpc) is 3.74. The second-order valence-corrected chi connectivity index (χ2v) is 13.2. The molecule has 6 rings (SSSR count). The number of nitrogens with zero attached hydrogens (tertiary/aromatic N) is 6. The number of benzene rings is 2. The van der Waals surface area contributed by atoms with Gasteiger partial charge in [0.1, 0.15) is 53.1 Å². The van der Waals surface area contributed by atoms with Gasteiger partial charge in [0.2, 0.25) is 0 Å². The van der Waals surface area contributed by atoms with Crippen LogP contribution >= 0.6 is 34.8 Å². The minimum absolute atomic E-state index is 0.0768. The van der Waals surface area contributed by atoms with Gasteiger partial charge in [-0.15, -0.1) is 0 Å². The molecule has 2 aromatic heterocycles. The number of amides is 4. The molecule has 4 heterocycles. The van der Waals surface area contributed by atoms with Crippen LogP contribution in [0.1, 0.15) is 5.69 Å². The number of anilines is 4. The van der Waals surface area contributed by atoms with Crippen molar-refractivity contribution < 1.29 is 64.5 Å². The molecule has 0 spiro atoms. The van der Waals surface area contributed by atoms with Gasteiger partial charge in [0.05, 0.1) is 10.0 Å². The van der Waals surface area contributed by atoms with E-state index in [4.69, 9.17) is 44.3 Å². The summed E-state index contributed by atoms with van der Waals surface area (Å²) in [7, 11) is 2.81. The highest BCUT2D eigenvalue weighted by Crippen LogP contribution is 2.32. The molecule has 2 saturated heterocycles. The molecule has 0 radical (unpaired) electrons. The fraction of sp³-hybridized carbons (Fsp3) is 0.257. The molecule has 2 aliphatic rings. The number of aryl methyl sites for hydroxylation is 1. The van der Waals surface area contributed by atoms with Crippen molar-refractivity contribution in [3.05, 3.63) is 93.2 Å². The van der Waals surface area contributed by atoms with Gasteiger partial charge in [-0.2, -0.15) is 17.6 Å². The summed E-state index contributed by atoms with van der Waals surface area (Å²) in [5.74, 6) is -3.34. The van der Waals surface area contributed by atoms with Crippen molar-refractivity contribution in [2.45, 2.75) is 32.2 Å². The Morgan fingerprint density at radius 2 is 1.12 bits per heavy atom. The number of alkyl halides is 4. The smallest absolute Gasteiger partial charge is 0.416 e. The van der Waals surface area contributed by atoms with Gasteiger partial charge in [-0.25, -0.2) is 38.1 Å². The van der Waals surface area contributed by atoms with Crippen molar-refractivity contribution in [3.63, 3.8) is 0 Å². The normalized spacial score (nSPS) is 16.2. The van der Waals surface area contributed by atoms with Gasteiger partial charge in [-0.1, -0.05) is 34.8 Å². The van der Waals surface area contributed by atoms with E-state index in [1.54, 1.807) is 0 Å². The molecule has 0 bridgehead atoms. The molecule has 4 amide bonds. The molecule has 14 nitrogen and oxygen atoms in total. The van der Waals surface area contributed by atoms with Crippen LogP contribution in [0.3, 0.4) is 0 Å². The van der Waals surface area contributed by atoms with Gasteiger partial charge in [0, 0.05) is 55.4 Å². The van der Waals surface area contributed by atoms with E-state index in [0.717, 1.165) is 45.0 Å².